The largest absolute Gasteiger partial charge is 0.496 e. The maximum absolute atomic E-state index is 7.65. The zero-order valence-electron chi connectivity index (χ0n) is 8.80. The molecule has 0 bridgehead atoms. The molecule has 1 atom stereocenters. The van der Waals surface area contributed by atoms with Gasteiger partial charge in [-0.15, -0.1) is 0 Å². The van der Waals surface area contributed by atoms with E-state index in [1.165, 1.54) is 0 Å². The lowest BCUT2D eigenvalue weighted by Crippen LogP contribution is -2.02. The third-order valence-corrected chi connectivity index (χ3v) is 2.10. The van der Waals surface area contributed by atoms with Crippen LogP contribution in [0, 0.1) is 0 Å². The zero-order valence-corrected chi connectivity index (χ0v) is 8.39. The van der Waals surface area contributed by atoms with Crippen LogP contribution in [0.1, 0.15) is 8.30 Å². The number of hydrogen-bond donors (Lipinski definition) is 1. The van der Waals surface area contributed by atoms with Crippen molar-refractivity contribution < 1.29 is 7.48 Å². The van der Waals surface area contributed by atoms with Crippen molar-refractivity contribution in [2.24, 2.45) is 5.73 Å². The Morgan fingerprint density at radius 1 is 1.83 bits per heavy atom. The van der Waals surface area contributed by atoms with Crippen LogP contribution in [0.15, 0.2) is 22.6 Å². The van der Waals surface area contributed by atoms with Gasteiger partial charge in [-0.3, -0.25) is 0 Å². The fraction of sp³-hybridized carbons (Fsp3) is 0.333. The molecule has 0 aliphatic heterocycles. The summed E-state index contributed by atoms with van der Waals surface area (Å²) in [6.45, 7) is -0.690. The number of nitrogens with two attached hydrogens (primary N) is 1. The van der Waals surface area contributed by atoms with Crippen molar-refractivity contribution in [3.05, 3.63) is 28.2 Å². The van der Waals surface area contributed by atoms with Crippen molar-refractivity contribution in [3.63, 3.8) is 0 Å². The van der Waals surface area contributed by atoms with E-state index in [1.54, 1.807) is 19.2 Å². The minimum atomic E-state index is -0.690. The van der Waals surface area contributed by atoms with Gasteiger partial charge in [-0.1, -0.05) is 6.04 Å². The number of rotatable bonds is 3. The van der Waals surface area contributed by atoms with Gasteiger partial charge in [0.15, 0.2) is 0 Å². The van der Waals surface area contributed by atoms with E-state index in [-0.39, 0.29) is 0 Å². The number of methoxy groups -OCH3 is 1. The molecule has 0 amide bonds. The van der Waals surface area contributed by atoms with Gasteiger partial charge in [0.2, 0.25) is 0 Å². The Labute approximate surface area is 83.7 Å². The van der Waals surface area contributed by atoms with Gasteiger partial charge in [-0.2, -0.15) is 0 Å². The molecule has 1 aromatic carbocycles. The van der Waals surface area contributed by atoms with Crippen molar-refractivity contribution in [3.8, 4) is 5.75 Å². The van der Waals surface area contributed by atoms with Gasteiger partial charge in [-0.05, 0) is 46.6 Å². The molecule has 66 valence electrons. The third kappa shape index (κ3) is 2.22. The van der Waals surface area contributed by atoms with Gasteiger partial charge < -0.3 is 10.5 Å². The topological polar surface area (TPSA) is 35.2 Å². The highest BCUT2D eigenvalue weighted by molar-refractivity contribution is 9.10. The molecule has 0 saturated carbocycles. The van der Waals surface area contributed by atoms with Crippen LogP contribution in [0.2, 0.25) is 0 Å². The quantitative estimate of drug-likeness (QED) is 0.864. The van der Waals surface area contributed by atoms with Gasteiger partial charge in [0, 0.05) is 1.37 Å². The Bertz CT molecular complexity index is 331. The summed E-state index contributed by atoms with van der Waals surface area (Å²) >= 11 is 3.28. The molecule has 1 aromatic rings. The van der Waals surface area contributed by atoms with Crippen LogP contribution >= 0.6 is 15.9 Å². The van der Waals surface area contributed by atoms with Gasteiger partial charge in [0.05, 0.1) is 13.0 Å². The van der Waals surface area contributed by atoms with Crippen molar-refractivity contribution >= 4 is 15.9 Å². The smallest absolute Gasteiger partial charge is 0.133 e. The molecular weight excluding hydrogens is 218 g/mol. The van der Waals surface area contributed by atoms with Gasteiger partial charge >= 0.3 is 0 Å². The monoisotopic (exact) mass is 231 g/mol. The summed E-state index contributed by atoms with van der Waals surface area (Å²) in [5.74, 6) is 0.664. The molecule has 1 unspecified atom stereocenters. The molecule has 1 rings (SSSR count). The summed E-state index contributed by atoms with van der Waals surface area (Å²) in [5, 5.41) is 0. The molecule has 0 spiro atoms. The highest BCUT2D eigenvalue weighted by Gasteiger charge is 1.99. The van der Waals surface area contributed by atoms with E-state index in [2.05, 4.69) is 15.9 Å². The van der Waals surface area contributed by atoms with Crippen molar-refractivity contribution in [2.45, 2.75) is 6.42 Å². The van der Waals surface area contributed by atoms with E-state index in [9.17, 15) is 0 Å². The van der Waals surface area contributed by atoms with E-state index >= 15 is 0 Å². The molecule has 0 aromatic heterocycles. The molecule has 12 heavy (non-hydrogen) atoms. The van der Waals surface area contributed by atoms with E-state index in [4.69, 9.17) is 13.2 Å². The number of aryl methyl sites for hydroxylation is 1. The molecule has 3 heteroatoms. The Morgan fingerprint density at radius 2 is 2.58 bits per heavy atom. The van der Waals surface area contributed by atoms with Crippen LogP contribution in [-0.2, 0) is 6.42 Å². The van der Waals surface area contributed by atoms with E-state index in [1.807, 2.05) is 0 Å². The summed E-state index contributed by atoms with van der Waals surface area (Å²) < 4.78 is 20.7. The van der Waals surface area contributed by atoms with Crippen LogP contribution in [0.25, 0.3) is 0 Å². The summed E-state index contributed by atoms with van der Waals surface area (Å²) in [5.41, 5.74) is 6.08. The van der Waals surface area contributed by atoms with Gasteiger partial charge in [-0.25, -0.2) is 0 Å². The Hall–Kier alpha value is -0.540. The van der Waals surface area contributed by atoms with Gasteiger partial charge in [0.25, 0.3) is 0 Å². The van der Waals surface area contributed by atoms with Crippen LogP contribution < -0.4 is 10.5 Å². The molecule has 0 aliphatic carbocycles. The minimum Gasteiger partial charge on any atom is -0.496 e. The van der Waals surface area contributed by atoms with E-state index < -0.39 is 6.52 Å². The predicted molar refractivity (Wildman–Crippen MR) is 53.5 cm³/mol. The molecule has 0 aliphatic rings. The number of ether oxygens (including phenoxy) is 1. The second kappa shape index (κ2) is 4.48. The van der Waals surface area contributed by atoms with Crippen LogP contribution in [-0.4, -0.2) is 13.6 Å². The fourth-order valence-corrected chi connectivity index (χ4v) is 1.29. The number of halogens is 1. The van der Waals surface area contributed by atoms with Crippen LogP contribution in [0.4, 0.5) is 0 Å². The molecule has 2 nitrogen and oxygen atoms in total. The first-order valence-electron chi connectivity index (χ1n) is 4.63. The lowest BCUT2D eigenvalue weighted by Gasteiger charge is -2.05. The molecule has 0 saturated heterocycles. The minimum absolute atomic E-state index is 0.364. The average Bonchev–Trinajstić information content (AvgIpc) is 2.09. The number of benzene rings is 1. The Morgan fingerprint density at radius 3 is 3.17 bits per heavy atom. The standard InChI is InChI=1S/C9H12BrNO/c1-12-9-6-7(4-5-11)2-3-8(9)10/h2-3,6H,4-5,11H2,1H3/i2D,5D. The number of hydrogen-bond acceptors (Lipinski definition) is 2. The summed E-state index contributed by atoms with van der Waals surface area (Å²) in [6, 6.07) is 3.76. The average molecular weight is 232 g/mol. The maximum atomic E-state index is 7.65. The lowest BCUT2D eigenvalue weighted by atomic mass is 10.1. The van der Waals surface area contributed by atoms with Crippen LogP contribution in [0.3, 0.4) is 0 Å². The Balaban J connectivity index is 3.04. The lowest BCUT2D eigenvalue weighted by molar-refractivity contribution is 0.411. The second-order valence-corrected chi connectivity index (χ2v) is 3.17. The summed E-state index contributed by atoms with van der Waals surface area (Å²) in [4.78, 5) is 0. The predicted octanol–water partition coefficient (Wildman–Crippen LogP) is 1.96. The third-order valence-electron chi connectivity index (χ3n) is 1.48. The van der Waals surface area contributed by atoms with Crippen molar-refractivity contribution in [1.29, 1.82) is 0 Å². The first-order valence-corrected chi connectivity index (χ1v) is 4.34. The SMILES string of the molecule is [2H]c1cc(Br)c(OC)cc1CC([2H])N. The maximum Gasteiger partial charge on any atom is 0.133 e. The molecule has 0 heterocycles. The van der Waals surface area contributed by atoms with E-state index in [0.29, 0.717) is 18.2 Å². The Kier molecular flexibility index (Phi) is 2.58. The summed E-state index contributed by atoms with van der Waals surface area (Å²) in [7, 11) is 1.56. The first kappa shape index (κ1) is 6.92. The van der Waals surface area contributed by atoms with E-state index in [0.717, 1.165) is 10.0 Å². The highest BCUT2D eigenvalue weighted by atomic mass is 79.9. The van der Waals surface area contributed by atoms with Crippen LogP contribution in [0.5, 0.6) is 5.75 Å². The summed E-state index contributed by atoms with van der Waals surface area (Å²) in [6.07, 6.45) is 0.364. The molecule has 0 radical (unpaired) electrons. The normalized spacial score (nSPS) is 14.9. The molecular formula is C9H12BrNO. The highest BCUT2D eigenvalue weighted by Crippen LogP contribution is 2.25. The van der Waals surface area contributed by atoms with Crippen molar-refractivity contribution in [1.82, 2.24) is 0 Å². The second-order valence-electron chi connectivity index (χ2n) is 2.31. The van der Waals surface area contributed by atoms with Crippen molar-refractivity contribution in [2.75, 3.05) is 13.6 Å². The fourth-order valence-electron chi connectivity index (χ4n) is 0.897. The molecule has 2 N–H and O–H groups in total. The zero-order chi connectivity index (χ0) is 10.7. The molecule has 0 fully saturated rings. The first-order chi connectivity index (χ1) is 6.54. The van der Waals surface area contributed by atoms with Gasteiger partial charge in [0.1, 0.15) is 5.75 Å².